The fourth-order valence-corrected chi connectivity index (χ4v) is 7.87. The van der Waals surface area contributed by atoms with Gasteiger partial charge in [-0.05, 0) is 70.6 Å². The van der Waals surface area contributed by atoms with Gasteiger partial charge in [-0.15, -0.1) is 0 Å². The van der Waals surface area contributed by atoms with E-state index in [0.717, 1.165) is 96.3 Å². The molecule has 6 heteroatoms. The first-order valence-corrected chi connectivity index (χ1v) is 26.5. The summed E-state index contributed by atoms with van der Waals surface area (Å²) in [4.78, 5) is 26.1. The molecule has 3 N–H and O–H groups in total. The maximum atomic E-state index is 13.2. The highest BCUT2D eigenvalue weighted by atomic mass is 16.5. The lowest BCUT2D eigenvalue weighted by molar-refractivity contribution is -0.151. The number of allylic oxidation sites excluding steroid dienone is 10. The number of aliphatic hydroxyl groups is 2. The summed E-state index contributed by atoms with van der Waals surface area (Å²) in [7, 11) is 0. The lowest BCUT2D eigenvalue weighted by Gasteiger charge is -2.24. The Morgan fingerprint density at radius 1 is 0.484 bits per heavy atom. The molecule has 0 fully saturated rings. The van der Waals surface area contributed by atoms with E-state index in [9.17, 15) is 19.8 Å². The molecule has 62 heavy (non-hydrogen) atoms. The van der Waals surface area contributed by atoms with Gasteiger partial charge >= 0.3 is 5.97 Å². The molecule has 360 valence electrons. The number of rotatable bonds is 47. The predicted molar refractivity (Wildman–Crippen MR) is 268 cm³/mol. The van der Waals surface area contributed by atoms with Crippen LogP contribution in [-0.2, 0) is 14.3 Å². The molecule has 0 aromatic rings. The molecular formula is C56H101NO5. The van der Waals surface area contributed by atoms with Crippen molar-refractivity contribution in [1.29, 1.82) is 0 Å². The smallest absolute Gasteiger partial charge is 0.306 e. The summed E-state index contributed by atoms with van der Waals surface area (Å²) >= 11 is 0. The molecule has 3 atom stereocenters. The van der Waals surface area contributed by atoms with Crippen LogP contribution < -0.4 is 5.32 Å². The number of amides is 1. The predicted octanol–water partition coefficient (Wildman–Crippen LogP) is 16.0. The zero-order valence-electron chi connectivity index (χ0n) is 41.0. The number of hydrogen-bond donors (Lipinski definition) is 3. The molecular weight excluding hydrogens is 767 g/mol. The molecule has 0 radical (unpaired) electrons. The lowest BCUT2D eigenvalue weighted by atomic mass is 10.0. The zero-order chi connectivity index (χ0) is 45.2. The van der Waals surface area contributed by atoms with Gasteiger partial charge in [0, 0.05) is 6.42 Å². The van der Waals surface area contributed by atoms with Gasteiger partial charge in [-0.25, -0.2) is 0 Å². The zero-order valence-corrected chi connectivity index (χ0v) is 41.0. The number of aliphatic hydroxyl groups excluding tert-OH is 2. The van der Waals surface area contributed by atoms with E-state index in [1.165, 1.54) is 116 Å². The molecule has 0 heterocycles. The highest BCUT2D eigenvalue weighted by Crippen LogP contribution is 2.18. The van der Waals surface area contributed by atoms with Crippen molar-refractivity contribution >= 4 is 11.9 Å². The van der Waals surface area contributed by atoms with E-state index in [-0.39, 0.29) is 24.9 Å². The summed E-state index contributed by atoms with van der Waals surface area (Å²) in [6.07, 6.45) is 61.5. The molecule has 0 aliphatic carbocycles. The largest absolute Gasteiger partial charge is 0.462 e. The van der Waals surface area contributed by atoms with Crippen molar-refractivity contribution in [1.82, 2.24) is 5.32 Å². The first kappa shape index (κ1) is 59.6. The normalized spacial score (nSPS) is 13.7. The average Bonchev–Trinajstić information content (AvgIpc) is 3.26. The molecule has 6 nitrogen and oxygen atoms in total. The third-order valence-corrected chi connectivity index (χ3v) is 11.9. The average molecular weight is 868 g/mol. The Kier molecular flexibility index (Phi) is 47.6. The van der Waals surface area contributed by atoms with Crippen molar-refractivity contribution in [3.8, 4) is 0 Å². The van der Waals surface area contributed by atoms with Crippen LogP contribution in [0.5, 0.6) is 0 Å². The summed E-state index contributed by atoms with van der Waals surface area (Å²) in [6.45, 7) is 6.35. The van der Waals surface area contributed by atoms with Gasteiger partial charge < -0.3 is 20.3 Å². The van der Waals surface area contributed by atoms with Crippen molar-refractivity contribution in [2.45, 2.75) is 277 Å². The van der Waals surface area contributed by atoms with Gasteiger partial charge in [0.1, 0.15) is 6.10 Å². The molecule has 0 rings (SSSR count). The van der Waals surface area contributed by atoms with E-state index in [4.69, 9.17) is 4.74 Å². The van der Waals surface area contributed by atoms with Crippen molar-refractivity contribution in [2.24, 2.45) is 0 Å². The fourth-order valence-electron chi connectivity index (χ4n) is 7.87. The highest BCUT2D eigenvalue weighted by Gasteiger charge is 2.24. The molecule has 0 spiro atoms. The van der Waals surface area contributed by atoms with Crippen LogP contribution in [0.2, 0.25) is 0 Å². The van der Waals surface area contributed by atoms with Crippen molar-refractivity contribution in [3.63, 3.8) is 0 Å². The van der Waals surface area contributed by atoms with E-state index in [0.29, 0.717) is 19.3 Å². The van der Waals surface area contributed by atoms with Crippen LogP contribution in [-0.4, -0.2) is 46.9 Å². The molecule has 1 amide bonds. The van der Waals surface area contributed by atoms with Gasteiger partial charge in [-0.3, -0.25) is 9.59 Å². The molecule has 0 aliphatic heterocycles. The Balaban J connectivity index is 4.44. The highest BCUT2D eigenvalue weighted by molar-refractivity contribution is 5.77. The standard InChI is InChI=1S/C56H101NO5/c1-4-7-10-13-16-19-21-23-25-27-28-29-31-33-35-37-40-43-46-49-56(61)62-52(47-44-41-38-18-15-12-9-6-3)50-55(60)57-53(51-58)54(59)48-45-42-39-36-34-32-30-26-24-22-20-17-14-11-8-5-2/h7,10,16,19,23,25,28-29,33,35,52-54,58-59H,4-6,8-9,11-15,17-18,20-22,24,26-27,30-32,34,36-51H2,1-3H3,(H,57,60)/b10-7-,19-16-,25-23-,29-28-,35-33-. The van der Waals surface area contributed by atoms with Gasteiger partial charge in [0.15, 0.2) is 0 Å². The number of carbonyl (C=O) groups excluding carboxylic acids is 2. The number of unbranched alkanes of at least 4 members (excludes halogenated alkanes) is 25. The molecule has 3 unspecified atom stereocenters. The number of carbonyl (C=O) groups is 2. The van der Waals surface area contributed by atoms with Gasteiger partial charge in [0.05, 0.1) is 25.2 Å². The van der Waals surface area contributed by atoms with E-state index in [2.05, 4.69) is 86.8 Å². The molecule has 0 aliphatic rings. The maximum Gasteiger partial charge on any atom is 0.306 e. The Hall–Kier alpha value is -2.44. The second-order valence-corrected chi connectivity index (χ2v) is 17.9. The molecule has 0 saturated carbocycles. The second kappa shape index (κ2) is 49.6. The van der Waals surface area contributed by atoms with Gasteiger partial charge in [0.25, 0.3) is 0 Å². The third kappa shape index (κ3) is 44.2. The van der Waals surface area contributed by atoms with Crippen molar-refractivity contribution < 1.29 is 24.5 Å². The maximum absolute atomic E-state index is 13.2. The van der Waals surface area contributed by atoms with E-state index < -0.39 is 18.2 Å². The Labute approximate surface area is 384 Å². The summed E-state index contributed by atoms with van der Waals surface area (Å²) in [5.41, 5.74) is 0. The minimum atomic E-state index is -0.793. The van der Waals surface area contributed by atoms with Crippen LogP contribution in [0.25, 0.3) is 0 Å². The summed E-state index contributed by atoms with van der Waals surface area (Å²) < 4.78 is 5.90. The molecule has 0 bridgehead atoms. The van der Waals surface area contributed by atoms with Gasteiger partial charge in [-0.2, -0.15) is 0 Å². The van der Waals surface area contributed by atoms with E-state index in [1.807, 2.05) is 0 Å². The van der Waals surface area contributed by atoms with Crippen molar-refractivity contribution in [2.75, 3.05) is 6.61 Å². The lowest BCUT2D eigenvalue weighted by Crippen LogP contribution is -2.46. The topological polar surface area (TPSA) is 95.9 Å². The summed E-state index contributed by atoms with van der Waals surface area (Å²) in [5.74, 6) is -0.510. The Bertz CT molecular complexity index is 1110. The Morgan fingerprint density at radius 2 is 0.871 bits per heavy atom. The third-order valence-electron chi connectivity index (χ3n) is 11.9. The fraction of sp³-hybridized carbons (Fsp3) is 0.786. The van der Waals surface area contributed by atoms with Crippen LogP contribution in [0.15, 0.2) is 60.8 Å². The number of hydrogen-bond acceptors (Lipinski definition) is 5. The Morgan fingerprint density at radius 3 is 1.31 bits per heavy atom. The second-order valence-electron chi connectivity index (χ2n) is 17.9. The first-order valence-electron chi connectivity index (χ1n) is 26.5. The van der Waals surface area contributed by atoms with E-state index >= 15 is 0 Å². The van der Waals surface area contributed by atoms with Gasteiger partial charge in [-0.1, -0.05) is 236 Å². The van der Waals surface area contributed by atoms with Crippen LogP contribution in [0.3, 0.4) is 0 Å². The molecule has 0 aromatic heterocycles. The monoisotopic (exact) mass is 868 g/mol. The van der Waals surface area contributed by atoms with Crippen LogP contribution >= 0.6 is 0 Å². The van der Waals surface area contributed by atoms with Crippen LogP contribution in [0.4, 0.5) is 0 Å². The summed E-state index contributed by atoms with van der Waals surface area (Å²) in [6, 6.07) is -0.707. The van der Waals surface area contributed by atoms with Gasteiger partial charge in [0.2, 0.25) is 5.91 Å². The van der Waals surface area contributed by atoms with Crippen LogP contribution in [0, 0.1) is 0 Å². The molecule has 0 saturated heterocycles. The van der Waals surface area contributed by atoms with E-state index in [1.54, 1.807) is 0 Å². The minimum absolute atomic E-state index is 0.0641. The number of ether oxygens (including phenoxy) is 1. The van der Waals surface area contributed by atoms with Crippen LogP contribution in [0.1, 0.15) is 258 Å². The minimum Gasteiger partial charge on any atom is -0.462 e. The SMILES string of the molecule is CC/C=C\C/C=C\C/C=C\C/C=C\C/C=C\CCCCCC(=O)OC(CCCCCCCCCC)CC(=O)NC(CO)C(O)CCCCCCCCCCCCCCCCCC. The number of esters is 1. The quantitative estimate of drug-likeness (QED) is 0.0322. The first-order chi connectivity index (χ1) is 30.5. The molecule has 0 aromatic carbocycles. The number of nitrogens with one attached hydrogen (secondary N) is 1. The summed E-state index contributed by atoms with van der Waals surface area (Å²) in [5, 5.41) is 23.8. The van der Waals surface area contributed by atoms with Crippen molar-refractivity contribution in [3.05, 3.63) is 60.8 Å².